The van der Waals surface area contributed by atoms with Gasteiger partial charge in [0.05, 0.1) is 17.3 Å². The number of aryl methyl sites for hydroxylation is 1. The normalized spacial score (nSPS) is 23.4. The van der Waals surface area contributed by atoms with Crippen LogP contribution in [0.3, 0.4) is 0 Å². The number of benzene rings is 2. The molecular weight excluding hydrogens is 344 g/mol. The molecule has 1 fully saturated rings. The van der Waals surface area contributed by atoms with Crippen LogP contribution < -0.4 is 4.74 Å². The first-order valence-electron chi connectivity index (χ1n) is 9.02. The first-order valence-corrected chi connectivity index (χ1v) is 10.6. The van der Waals surface area contributed by atoms with Gasteiger partial charge in [0.15, 0.2) is 9.84 Å². The summed E-state index contributed by atoms with van der Waals surface area (Å²) in [4.78, 5) is 0.412. The van der Waals surface area contributed by atoms with Crippen molar-refractivity contribution >= 4 is 9.84 Å². The van der Waals surface area contributed by atoms with E-state index in [2.05, 4.69) is 6.58 Å². The zero-order valence-electron chi connectivity index (χ0n) is 15.4. The number of rotatable bonds is 5. The van der Waals surface area contributed by atoms with Crippen LogP contribution in [0.2, 0.25) is 0 Å². The van der Waals surface area contributed by atoms with E-state index in [1.807, 2.05) is 49.4 Å². The minimum atomic E-state index is -3.39. The number of allylic oxidation sites excluding steroid dienone is 1. The fourth-order valence-electron chi connectivity index (χ4n) is 3.86. The first-order chi connectivity index (χ1) is 12.5. The van der Waals surface area contributed by atoms with E-state index in [1.165, 1.54) is 5.56 Å². The molecule has 0 heterocycles. The van der Waals surface area contributed by atoms with Gasteiger partial charge in [0.25, 0.3) is 0 Å². The monoisotopic (exact) mass is 370 g/mol. The van der Waals surface area contributed by atoms with Gasteiger partial charge >= 0.3 is 0 Å². The molecule has 1 aliphatic carbocycles. The van der Waals surface area contributed by atoms with E-state index in [-0.39, 0.29) is 11.8 Å². The van der Waals surface area contributed by atoms with Gasteiger partial charge in [0.1, 0.15) is 5.75 Å². The third kappa shape index (κ3) is 3.70. The van der Waals surface area contributed by atoms with Crippen molar-refractivity contribution in [3.8, 4) is 5.75 Å². The maximum absolute atomic E-state index is 13.3. The van der Waals surface area contributed by atoms with Gasteiger partial charge in [-0.1, -0.05) is 35.9 Å². The standard InChI is InChI=1S/C22H26O3S/c1-4-17-7-8-19(18-9-11-20(25-3)12-10-18)15-22(17)26(23,24)21-13-5-16(2)6-14-21/h4-6,9-14,17,19,22H,1,7-8,15H2,2-3H3/t17-,19+,22?/m1/s1. The summed E-state index contributed by atoms with van der Waals surface area (Å²) in [6.45, 7) is 5.86. The van der Waals surface area contributed by atoms with Gasteiger partial charge in [-0.15, -0.1) is 6.58 Å². The maximum atomic E-state index is 13.3. The molecule has 0 radical (unpaired) electrons. The smallest absolute Gasteiger partial charge is 0.181 e. The molecule has 4 heteroatoms. The predicted octanol–water partition coefficient (Wildman–Crippen LogP) is 4.92. The van der Waals surface area contributed by atoms with Gasteiger partial charge < -0.3 is 4.74 Å². The van der Waals surface area contributed by atoms with Crippen molar-refractivity contribution in [2.45, 2.75) is 42.2 Å². The van der Waals surface area contributed by atoms with Crippen LogP contribution in [0.4, 0.5) is 0 Å². The van der Waals surface area contributed by atoms with Crippen LogP contribution >= 0.6 is 0 Å². The number of hydrogen-bond acceptors (Lipinski definition) is 3. The highest BCUT2D eigenvalue weighted by atomic mass is 32.2. The number of hydrogen-bond donors (Lipinski definition) is 0. The molecule has 0 amide bonds. The zero-order chi connectivity index (χ0) is 18.7. The molecule has 0 bridgehead atoms. The van der Waals surface area contributed by atoms with Crippen LogP contribution in [0.15, 0.2) is 66.1 Å². The van der Waals surface area contributed by atoms with Crippen LogP contribution in [0.25, 0.3) is 0 Å². The van der Waals surface area contributed by atoms with Gasteiger partial charge in [-0.3, -0.25) is 0 Å². The van der Waals surface area contributed by atoms with E-state index in [9.17, 15) is 8.42 Å². The molecule has 2 aromatic rings. The third-order valence-corrected chi connectivity index (χ3v) is 7.75. The Morgan fingerprint density at radius 1 is 1.04 bits per heavy atom. The second-order valence-electron chi connectivity index (χ2n) is 7.08. The summed E-state index contributed by atoms with van der Waals surface area (Å²) in [6.07, 6.45) is 4.26. The Kier molecular flexibility index (Phi) is 5.52. The highest BCUT2D eigenvalue weighted by molar-refractivity contribution is 7.92. The topological polar surface area (TPSA) is 43.4 Å². The molecule has 3 atom stereocenters. The average molecular weight is 371 g/mol. The molecule has 0 saturated heterocycles. The Morgan fingerprint density at radius 2 is 1.69 bits per heavy atom. The van der Waals surface area contributed by atoms with Crippen LogP contribution in [0.1, 0.15) is 36.3 Å². The summed E-state index contributed by atoms with van der Waals surface area (Å²) in [5.74, 6) is 1.05. The number of ether oxygens (including phenoxy) is 1. The Balaban J connectivity index is 1.89. The maximum Gasteiger partial charge on any atom is 0.181 e. The van der Waals surface area contributed by atoms with Crippen LogP contribution in [0, 0.1) is 12.8 Å². The molecule has 1 unspecified atom stereocenters. The molecule has 2 aromatic carbocycles. The largest absolute Gasteiger partial charge is 0.497 e. The highest BCUT2D eigenvalue weighted by Crippen LogP contribution is 2.41. The van der Waals surface area contributed by atoms with Gasteiger partial charge in [0.2, 0.25) is 0 Å². The Bertz CT molecular complexity index is 851. The highest BCUT2D eigenvalue weighted by Gasteiger charge is 2.38. The molecule has 26 heavy (non-hydrogen) atoms. The molecule has 0 aromatic heterocycles. The number of sulfone groups is 1. The van der Waals surface area contributed by atoms with E-state index >= 15 is 0 Å². The molecule has 138 valence electrons. The van der Waals surface area contributed by atoms with E-state index in [0.29, 0.717) is 11.3 Å². The summed E-state index contributed by atoms with van der Waals surface area (Å²) in [5.41, 5.74) is 2.24. The van der Waals surface area contributed by atoms with E-state index in [1.54, 1.807) is 19.2 Å². The summed E-state index contributed by atoms with van der Waals surface area (Å²) in [7, 11) is -1.74. The average Bonchev–Trinajstić information content (AvgIpc) is 2.68. The lowest BCUT2D eigenvalue weighted by Gasteiger charge is -2.34. The van der Waals surface area contributed by atoms with Crippen molar-refractivity contribution in [3.63, 3.8) is 0 Å². The Hall–Kier alpha value is -2.07. The number of methoxy groups -OCH3 is 1. The van der Waals surface area contributed by atoms with Crippen molar-refractivity contribution in [2.24, 2.45) is 5.92 Å². The van der Waals surface area contributed by atoms with E-state index in [4.69, 9.17) is 4.74 Å². The van der Waals surface area contributed by atoms with Crippen LogP contribution in [-0.4, -0.2) is 20.8 Å². The van der Waals surface area contributed by atoms with Gasteiger partial charge in [-0.25, -0.2) is 8.42 Å². The first kappa shape index (κ1) is 18.7. The zero-order valence-corrected chi connectivity index (χ0v) is 16.2. The molecular formula is C22H26O3S. The van der Waals surface area contributed by atoms with Gasteiger partial charge in [0, 0.05) is 0 Å². The van der Waals surface area contributed by atoms with Crippen molar-refractivity contribution in [2.75, 3.05) is 7.11 Å². The van der Waals surface area contributed by atoms with Crippen LogP contribution in [-0.2, 0) is 9.84 Å². The van der Waals surface area contributed by atoms with Gasteiger partial charge in [-0.2, -0.15) is 0 Å². The van der Waals surface area contributed by atoms with Crippen molar-refractivity contribution < 1.29 is 13.2 Å². The van der Waals surface area contributed by atoms with Gasteiger partial charge in [-0.05, 0) is 67.9 Å². The predicted molar refractivity (Wildman–Crippen MR) is 105 cm³/mol. The minimum Gasteiger partial charge on any atom is -0.497 e. The second kappa shape index (κ2) is 7.67. The summed E-state index contributed by atoms with van der Waals surface area (Å²) in [6, 6.07) is 15.2. The lowest BCUT2D eigenvalue weighted by Crippen LogP contribution is -2.34. The second-order valence-corrected chi connectivity index (χ2v) is 9.25. The molecule has 3 nitrogen and oxygen atoms in total. The molecule has 0 N–H and O–H groups in total. The summed E-state index contributed by atoms with van der Waals surface area (Å²) < 4.78 is 31.8. The fraction of sp³-hybridized carbons (Fsp3) is 0.364. The molecule has 1 aliphatic rings. The SMILES string of the molecule is C=C[C@@H]1CC[C@H](c2ccc(OC)cc2)CC1S(=O)(=O)c1ccc(C)cc1. The summed E-state index contributed by atoms with van der Waals surface area (Å²) >= 11 is 0. The Labute approximate surface area is 156 Å². The quantitative estimate of drug-likeness (QED) is 0.702. The van der Waals surface area contributed by atoms with E-state index < -0.39 is 15.1 Å². The molecule has 1 saturated carbocycles. The van der Waals surface area contributed by atoms with E-state index in [0.717, 1.165) is 24.2 Å². The third-order valence-electron chi connectivity index (χ3n) is 5.48. The van der Waals surface area contributed by atoms with Crippen LogP contribution in [0.5, 0.6) is 5.75 Å². The van der Waals surface area contributed by atoms with Crippen molar-refractivity contribution in [1.29, 1.82) is 0 Å². The minimum absolute atomic E-state index is 0.00389. The molecule has 0 spiro atoms. The molecule has 0 aliphatic heterocycles. The lowest BCUT2D eigenvalue weighted by molar-refractivity contribution is 0.372. The van der Waals surface area contributed by atoms with Crippen molar-refractivity contribution in [3.05, 3.63) is 72.3 Å². The van der Waals surface area contributed by atoms with Crippen molar-refractivity contribution in [1.82, 2.24) is 0 Å². The molecule has 3 rings (SSSR count). The summed E-state index contributed by atoms with van der Waals surface area (Å²) in [5, 5.41) is -0.427. The lowest BCUT2D eigenvalue weighted by atomic mass is 9.78. The Morgan fingerprint density at radius 3 is 2.27 bits per heavy atom. The fourth-order valence-corrected chi connectivity index (χ4v) is 5.92.